The highest BCUT2D eigenvalue weighted by Gasteiger charge is 2.41. The van der Waals surface area contributed by atoms with Gasteiger partial charge in [-0.3, -0.25) is 57.8 Å². The molecule has 30 heteroatoms. The molecular weight excluding hydrogens is 1530 g/mol. The number of anilines is 3. The maximum absolute atomic E-state index is 15.3. The van der Waals surface area contributed by atoms with Gasteiger partial charge < -0.3 is 54.8 Å². The fourth-order valence-corrected chi connectivity index (χ4v) is 14.5. The van der Waals surface area contributed by atoms with E-state index < -0.39 is 51.6 Å². The summed E-state index contributed by atoms with van der Waals surface area (Å²) in [5.74, 6) is 0.500. The van der Waals surface area contributed by atoms with Crippen molar-refractivity contribution in [3.8, 4) is 68.9 Å². The zero-order chi connectivity index (χ0) is 83.2. The Kier molecular flexibility index (Phi) is 22.8. The van der Waals surface area contributed by atoms with Crippen LogP contribution in [0, 0.1) is 25.5 Å². The van der Waals surface area contributed by atoms with Crippen molar-refractivity contribution >= 4 is 67.6 Å². The monoisotopic (exact) mass is 1600 g/mol. The van der Waals surface area contributed by atoms with Crippen LogP contribution in [0.25, 0.3) is 49.8 Å². The molecule has 3 amide bonds. The molecule has 28 nitrogen and oxygen atoms in total. The first kappa shape index (κ1) is 79.3. The van der Waals surface area contributed by atoms with E-state index in [-0.39, 0.29) is 57.4 Å². The van der Waals surface area contributed by atoms with Gasteiger partial charge in [0.25, 0.3) is 34.4 Å². The molecule has 1 unspecified atom stereocenters. The fraction of sp³-hybridized carbons (Fsp3) is 0.180. The van der Waals surface area contributed by atoms with E-state index in [0.717, 1.165) is 36.8 Å². The second-order valence-corrected chi connectivity index (χ2v) is 28.1. The lowest BCUT2D eigenvalue weighted by Gasteiger charge is -2.28. The first-order valence-corrected chi connectivity index (χ1v) is 37.8. The van der Waals surface area contributed by atoms with Crippen LogP contribution in [0.2, 0.25) is 0 Å². The minimum Gasteiger partial charge on any atom is -0.497 e. The van der Waals surface area contributed by atoms with Crippen LogP contribution in [-0.4, -0.2) is 105 Å². The Bertz CT molecular complexity index is 6540. The highest BCUT2D eigenvalue weighted by molar-refractivity contribution is 6.06. The molecule has 0 spiro atoms. The number of para-hydroxylation sites is 3. The maximum Gasteiger partial charge on any atom is 0.284 e. The van der Waals surface area contributed by atoms with E-state index in [1.807, 2.05) is 72.8 Å². The van der Waals surface area contributed by atoms with Gasteiger partial charge in [-0.15, -0.1) is 0 Å². The quantitative estimate of drug-likeness (QED) is 0.0519. The Morgan fingerprint density at radius 3 is 1.34 bits per heavy atom. The van der Waals surface area contributed by atoms with Gasteiger partial charge in [0.05, 0.1) is 103 Å². The molecule has 1 aliphatic heterocycles. The Morgan fingerprint density at radius 1 is 0.479 bits per heavy atom. The summed E-state index contributed by atoms with van der Waals surface area (Å²) < 4.78 is 78.8. The third-order valence-corrected chi connectivity index (χ3v) is 20.7. The molecule has 8 heterocycles. The molecule has 7 aromatic heterocycles. The molecule has 15 aromatic rings. The van der Waals surface area contributed by atoms with Gasteiger partial charge in [-0.05, 0) is 148 Å². The van der Waals surface area contributed by atoms with E-state index in [1.54, 1.807) is 173 Å². The zero-order valence-corrected chi connectivity index (χ0v) is 65.5. The highest BCUT2D eigenvalue weighted by Crippen LogP contribution is 2.40. The molecule has 2 aliphatic rings. The normalized spacial score (nSPS) is 13.3. The Hall–Kier alpha value is -14.9. The number of pyridine rings is 3. The van der Waals surface area contributed by atoms with E-state index >= 15 is 8.78 Å². The van der Waals surface area contributed by atoms with Gasteiger partial charge in [0, 0.05) is 97.2 Å². The second kappa shape index (κ2) is 34.3. The smallest absolute Gasteiger partial charge is 0.284 e. The molecule has 1 atom stereocenters. The molecule has 1 saturated carbocycles. The van der Waals surface area contributed by atoms with Gasteiger partial charge in [-0.25, -0.2) is 32.8 Å². The maximum atomic E-state index is 15.3. The number of amides is 3. The minimum atomic E-state index is -0.832. The van der Waals surface area contributed by atoms with Crippen molar-refractivity contribution in [2.24, 2.45) is 19.8 Å². The van der Waals surface area contributed by atoms with Crippen LogP contribution in [0.3, 0.4) is 0 Å². The molecule has 1 aliphatic carbocycles. The number of carbonyl (C=O) groups excluding carboxylic acids is 3. The zero-order valence-electron chi connectivity index (χ0n) is 65.5. The third kappa shape index (κ3) is 16.4. The van der Waals surface area contributed by atoms with Crippen molar-refractivity contribution in [3.05, 3.63) is 308 Å². The van der Waals surface area contributed by atoms with Crippen LogP contribution in [0.5, 0.6) is 51.9 Å². The third-order valence-electron chi connectivity index (χ3n) is 20.7. The van der Waals surface area contributed by atoms with E-state index in [4.69, 9.17) is 38.9 Å². The second-order valence-electron chi connectivity index (χ2n) is 28.1. The van der Waals surface area contributed by atoms with Crippen LogP contribution in [-0.2, 0) is 30.9 Å². The summed E-state index contributed by atoms with van der Waals surface area (Å²) in [6.45, 7) is 4.54. The van der Waals surface area contributed by atoms with Crippen LogP contribution in [0.4, 0.5) is 26.0 Å². The summed E-state index contributed by atoms with van der Waals surface area (Å²) in [5.41, 5.74) is 10.3. The number of carbonyl (C=O) groups is 3. The topological polar surface area (TPSA) is 323 Å². The number of hydrogen-bond donors (Lipinski definition) is 4. The van der Waals surface area contributed by atoms with Gasteiger partial charge in [0.2, 0.25) is 5.88 Å². The number of methoxy groups -OCH3 is 3. The van der Waals surface area contributed by atoms with Gasteiger partial charge in [-0.1, -0.05) is 67.4 Å². The number of fused-ring (bicyclic) bond motifs is 3. The lowest BCUT2D eigenvalue weighted by Crippen LogP contribution is -2.38. The van der Waals surface area contributed by atoms with Crippen molar-refractivity contribution in [2.75, 3.05) is 43.9 Å². The minimum absolute atomic E-state index is 0.0207. The van der Waals surface area contributed by atoms with Crippen LogP contribution in [0.1, 0.15) is 80.3 Å². The van der Waals surface area contributed by atoms with Crippen molar-refractivity contribution in [2.45, 2.75) is 64.1 Å². The van der Waals surface area contributed by atoms with Crippen molar-refractivity contribution in [1.29, 1.82) is 0 Å². The average Bonchev–Trinajstić information content (AvgIpc) is 1.59. The number of hydrogen-bond acceptors (Lipinski definition) is 19. The predicted octanol–water partition coefficient (Wildman–Crippen LogP) is 15.0. The summed E-state index contributed by atoms with van der Waals surface area (Å²) in [6.07, 6.45) is 11.5. The number of benzene rings is 8. The Balaban J connectivity index is 0.000000140. The summed E-state index contributed by atoms with van der Waals surface area (Å²) >= 11 is 0. The molecule has 8 aromatic carbocycles. The molecule has 119 heavy (non-hydrogen) atoms. The molecule has 5 N–H and O–H groups in total. The van der Waals surface area contributed by atoms with Crippen molar-refractivity contribution < 1.29 is 56.3 Å². The van der Waals surface area contributed by atoms with Crippen LogP contribution < -0.4 is 66.8 Å². The van der Waals surface area contributed by atoms with Crippen molar-refractivity contribution in [1.82, 2.24) is 53.0 Å². The number of nitrogens with one attached hydrogen (secondary N) is 3. The largest absolute Gasteiger partial charge is 0.497 e. The Labute approximate surface area is 678 Å². The van der Waals surface area contributed by atoms with Crippen molar-refractivity contribution in [3.63, 3.8) is 0 Å². The standard InChI is InChI=1S/C32H30FN5O4.C31H27FN4O5.C26H22N6O4/c1-37-29(32(34)15-6-7-16-32)28(31(40)38(37)21-8-4-3-5-9-21)30(39)36-20-10-13-27(24(33)18-20)42-26-14-17-35-25-19-22(41-2)11-12-23(25)26;1-19-29(31(38)36(21-6-4-3-5-7-21)35(19)18-23-13-15-40-23)30(37)34-20-8-11-28(25(32)16-20)41-27-12-14-33-26-17-22(39-2)9-10-24(26)27;1-16-24(26(34)32(31(16)2)17-7-5-4-6-8-17)25(33)30-22-14-29-23(15-28-22)36-21-11-12-27-20-13-18(35-3)9-10-19(20)21/h3-5,8-14,17-19H,6-7,15-16,34H2,1-2H3,(H,36,39);3-12,14,16-17,23H,13,15,18H2,1-2H3,(H,34,37);4-15H,1-3H3,(H,28,30,33). The summed E-state index contributed by atoms with van der Waals surface area (Å²) in [4.78, 5) is 102. The summed E-state index contributed by atoms with van der Waals surface area (Å²) in [7, 11) is 8.19. The molecule has 1 saturated heterocycles. The first-order valence-electron chi connectivity index (χ1n) is 37.8. The van der Waals surface area contributed by atoms with Gasteiger partial charge in [0.15, 0.2) is 29.0 Å². The lowest BCUT2D eigenvalue weighted by atomic mass is 9.91. The van der Waals surface area contributed by atoms with E-state index in [0.29, 0.717) is 122 Å². The lowest BCUT2D eigenvalue weighted by molar-refractivity contribution is -0.0621. The number of halogens is 2. The molecule has 0 radical (unpaired) electrons. The SMILES string of the molecule is COc1ccc2c(Oc3ccc(NC(=O)c4c(C)n(CC5CCO5)n(-c5ccccc5)c4=O)cc3F)ccnc2c1.COc1ccc2c(Oc3ccc(NC(=O)c4c(C5(N)CCCC5)n(C)n(-c5ccccc5)c4=O)cc3F)ccnc2c1.COc1ccc2c(Oc3cnc(NC(=O)c4c(C)n(C)n(-c5ccccc5)c4=O)cn3)ccnc2c1. The molecule has 0 bridgehead atoms. The number of aromatic nitrogens is 11. The van der Waals surface area contributed by atoms with Gasteiger partial charge in [-0.2, -0.15) is 0 Å². The molecular formula is C89H79F2N15O13. The van der Waals surface area contributed by atoms with E-state index in [9.17, 15) is 28.8 Å². The number of nitrogens with two attached hydrogens (primary N) is 1. The fourth-order valence-electron chi connectivity index (χ4n) is 14.5. The average molecular weight is 1600 g/mol. The summed E-state index contributed by atoms with van der Waals surface area (Å²) in [5, 5.41) is 10.2. The van der Waals surface area contributed by atoms with E-state index in [2.05, 4.69) is 40.9 Å². The molecule has 2 fully saturated rings. The first-order chi connectivity index (χ1) is 57.7. The van der Waals surface area contributed by atoms with Gasteiger partial charge in [0.1, 0.15) is 51.2 Å². The predicted molar refractivity (Wildman–Crippen MR) is 444 cm³/mol. The number of ether oxygens (including phenoxy) is 7. The number of nitrogens with zero attached hydrogens (tertiary/aromatic N) is 11. The summed E-state index contributed by atoms with van der Waals surface area (Å²) in [6, 6.07) is 56.6. The molecule has 17 rings (SSSR count). The highest BCUT2D eigenvalue weighted by atomic mass is 19.1. The van der Waals surface area contributed by atoms with E-state index in [1.165, 1.54) is 50.7 Å². The Morgan fingerprint density at radius 2 is 0.899 bits per heavy atom. The van der Waals surface area contributed by atoms with Crippen LogP contribution >= 0.6 is 0 Å². The van der Waals surface area contributed by atoms with Crippen LogP contribution in [0.15, 0.2) is 246 Å². The van der Waals surface area contributed by atoms with Gasteiger partial charge >= 0.3 is 0 Å². The number of rotatable bonds is 21. The molecule has 602 valence electrons.